The van der Waals surface area contributed by atoms with Crippen LogP contribution >= 0.6 is 11.6 Å². The standard InChI is InChI=1S/C16H19ClN2O/c17-12-4-1-11(2-5-12)3-8-16(20)19-14-6-7-15(19)10-13(18)9-14/h1-5,8,13-15H,6-7,9-10,18H2. The van der Waals surface area contributed by atoms with E-state index in [1.165, 1.54) is 0 Å². The molecule has 2 aliphatic rings. The molecular weight excluding hydrogens is 272 g/mol. The second kappa shape index (κ2) is 5.58. The Hall–Kier alpha value is -1.32. The predicted molar refractivity (Wildman–Crippen MR) is 81.4 cm³/mol. The lowest BCUT2D eigenvalue weighted by atomic mass is 9.98. The summed E-state index contributed by atoms with van der Waals surface area (Å²) in [7, 11) is 0. The van der Waals surface area contributed by atoms with E-state index >= 15 is 0 Å². The summed E-state index contributed by atoms with van der Waals surface area (Å²) in [5.41, 5.74) is 7.02. The van der Waals surface area contributed by atoms with Crippen molar-refractivity contribution in [2.24, 2.45) is 5.73 Å². The van der Waals surface area contributed by atoms with Crippen LogP contribution in [0.3, 0.4) is 0 Å². The van der Waals surface area contributed by atoms with E-state index in [1.54, 1.807) is 6.08 Å². The van der Waals surface area contributed by atoms with Gasteiger partial charge in [0.1, 0.15) is 0 Å². The highest BCUT2D eigenvalue weighted by Gasteiger charge is 2.41. The maximum absolute atomic E-state index is 12.4. The van der Waals surface area contributed by atoms with Crippen LogP contribution in [0.25, 0.3) is 6.08 Å². The van der Waals surface area contributed by atoms with Gasteiger partial charge >= 0.3 is 0 Å². The minimum Gasteiger partial charge on any atom is -0.333 e. The smallest absolute Gasteiger partial charge is 0.247 e. The van der Waals surface area contributed by atoms with E-state index in [9.17, 15) is 4.79 Å². The molecule has 2 atom stereocenters. The molecule has 2 heterocycles. The number of hydrogen-bond donors (Lipinski definition) is 1. The van der Waals surface area contributed by atoms with Crippen molar-refractivity contribution in [1.29, 1.82) is 0 Å². The van der Waals surface area contributed by atoms with Crippen molar-refractivity contribution in [2.75, 3.05) is 0 Å². The monoisotopic (exact) mass is 290 g/mol. The lowest BCUT2D eigenvalue weighted by Crippen LogP contribution is -2.49. The fraction of sp³-hybridized carbons (Fsp3) is 0.438. The summed E-state index contributed by atoms with van der Waals surface area (Å²) in [6, 6.07) is 8.42. The van der Waals surface area contributed by atoms with Crippen LogP contribution in [0.2, 0.25) is 5.02 Å². The van der Waals surface area contributed by atoms with Gasteiger partial charge in [-0.15, -0.1) is 0 Å². The molecule has 3 nitrogen and oxygen atoms in total. The van der Waals surface area contributed by atoms with Crippen LogP contribution < -0.4 is 5.73 Å². The summed E-state index contributed by atoms with van der Waals surface area (Å²) in [4.78, 5) is 14.4. The van der Waals surface area contributed by atoms with Crippen LogP contribution in [-0.2, 0) is 4.79 Å². The second-order valence-electron chi connectivity index (χ2n) is 5.75. The van der Waals surface area contributed by atoms with Crippen molar-refractivity contribution in [3.05, 3.63) is 40.9 Å². The highest BCUT2D eigenvalue weighted by molar-refractivity contribution is 6.30. The molecule has 1 aromatic rings. The number of carbonyl (C=O) groups excluding carboxylic acids is 1. The number of piperidine rings is 1. The lowest BCUT2D eigenvalue weighted by Gasteiger charge is -2.37. The number of carbonyl (C=O) groups is 1. The van der Waals surface area contributed by atoms with Crippen molar-refractivity contribution in [2.45, 2.75) is 43.8 Å². The Labute approximate surface area is 124 Å². The van der Waals surface area contributed by atoms with Crippen molar-refractivity contribution >= 4 is 23.6 Å². The zero-order valence-corrected chi connectivity index (χ0v) is 12.1. The zero-order chi connectivity index (χ0) is 14.1. The average Bonchev–Trinajstić information content (AvgIpc) is 2.70. The third-order valence-electron chi connectivity index (χ3n) is 4.31. The zero-order valence-electron chi connectivity index (χ0n) is 11.3. The van der Waals surface area contributed by atoms with Crippen LogP contribution in [0.4, 0.5) is 0 Å². The van der Waals surface area contributed by atoms with Gasteiger partial charge in [-0.25, -0.2) is 0 Å². The highest BCUT2D eigenvalue weighted by atomic mass is 35.5. The minimum absolute atomic E-state index is 0.111. The van der Waals surface area contributed by atoms with Gasteiger partial charge in [0.25, 0.3) is 0 Å². The summed E-state index contributed by atoms with van der Waals surface area (Å²) in [5.74, 6) is 0.111. The quantitative estimate of drug-likeness (QED) is 0.852. The molecule has 2 bridgehead atoms. The van der Waals surface area contributed by atoms with E-state index in [0.29, 0.717) is 17.1 Å². The molecule has 0 spiro atoms. The van der Waals surface area contributed by atoms with Gasteiger partial charge in [-0.05, 0) is 49.5 Å². The van der Waals surface area contributed by atoms with Gasteiger partial charge in [-0.2, -0.15) is 0 Å². The Morgan fingerprint density at radius 2 is 1.80 bits per heavy atom. The molecule has 0 aromatic heterocycles. The first-order chi connectivity index (χ1) is 9.63. The molecule has 106 valence electrons. The van der Waals surface area contributed by atoms with E-state index in [1.807, 2.05) is 35.2 Å². The van der Waals surface area contributed by atoms with Crippen LogP contribution in [-0.4, -0.2) is 28.9 Å². The summed E-state index contributed by atoms with van der Waals surface area (Å²) >= 11 is 5.85. The van der Waals surface area contributed by atoms with Crippen LogP contribution in [0.5, 0.6) is 0 Å². The predicted octanol–water partition coefficient (Wildman–Crippen LogP) is 2.83. The molecule has 1 amide bonds. The topological polar surface area (TPSA) is 46.3 Å². The molecule has 2 unspecified atom stereocenters. The maximum atomic E-state index is 12.4. The Morgan fingerprint density at radius 1 is 1.20 bits per heavy atom. The fourth-order valence-electron chi connectivity index (χ4n) is 3.41. The van der Waals surface area contributed by atoms with Crippen molar-refractivity contribution < 1.29 is 4.79 Å². The summed E-state index contributed by atoms with van der Waals surface area (Å²) in [6.07, 6.45) is 7.60. The number of hydrogen-bond acceptors (Lipinski definition) is 2. The molecule has 0 saturated carbocycles. The van der Waals surface area contributed by atoms with Gasteiger partial charge in [0.15, 0.2) is 0 Å². The van der Waals surface area contributed by atoms with Gasteiger partial charge < -0.3 is 10.6 Å². The number of amides is 1. The number of nitrogens with zero attached hydrogens (tertiary/aromatic N) is 1. The molecular formula is C16H19ClN2O. The van der Waals surface area contributed by atoms with Crippen LogP contribution in [0.15, 0.2) is 30.3 Å². The first kappa shape index (κ1) is 13.7. The second-order valence-corrected chi connectivity index (χ2v) is 6.18. The highest BCUT2D eigenvalue weighted by Crippen LogP contribution is 2.35. The van der Waals surface area contributed by atoms with E-state index in [4.69, 9.17) is 17.3 Å². The number of benzene rings is 1. The summed E-state index contributed by atoms with van der Waals surface area (Å²) in [6.45, 7) is 0. The molecule has 2 saturated heterocycles. The molecule has 2 aliphatic heterocycles. The number of rotatable bonds is 2. The van der Waals surface area contributed by atoms with Crippen molar-refractivity contribution in [3.8, 4) is 0 Å². The Bertz CT molecular complexity index is 512. The van der Waals surface area contributed by atoms with Crippen LogP contribution in [0, 0.1) is 0 Å². The largest absolute Gasteiger partial charge is 0.333 e. The third kappa shape index (κ3) is 2.74. The molecule has 2 fully saturated rings. The van der Waals surface area contributed by atoms with Crippen LogP contribution in [0.1, 0.15) is 31.2 Å². The van der Waals surface area contributed by atoms with Crippen molar-refractivity contribution in [3.63, 3.8) is 0 Å². The van der Waals surface area contributed by atoms with Gasteiger partial charge in [0, 0.05) is 29.2 Å². The fourth-order valence-corrected chi connectivity index (χ4v) is 3.53. The molecule has 4 heteroatoms. The molecule has 0 aliphatic carbocycles. The molecule has 3 rings (SSSR count). The number of fused-ring (bicyclic) bond motifs is 2. The van der Waals surface area contributed by atoms with E-state index < -0.39 is 0 Å². The van der Waals surface area contributed by atoms with Gasteiger partial charge in [0.2, 0.25) is 5.91 Å². The Balaban J connectivity index is 1.69. The lowest BCUT2D eigenvalue weighted by molar-refractivity contribution is -0.130. The summed E-state index contributed by atoms with van der Waals surface area (Å²) < 4.78 is 0. The SMILES string of the molecule is NC1CC2CCC(C1)N2C(=O)C=Cc1ccc(Cl)cc1. The Kier molecular flexibility index (Phi) is 3.81. The Morgan fingerprint density at radius 3 is 2.40 bits per heavy atom. The van der Waals surface area contributed by atoms with Gasteiger partial charge in [-0.3, -0.25) is 4.79 Å². The molecule has 20 heavy (non-hydrogen) atoms. The molecule has 1 aromatic carbocycles. The first-order valence-corrected chi connectivity index (χ1v) is 7.53. The molecule has 2 N–H and O–H groups in total. The van der Waals surface area contributed by atoms with Gasteiger partial charge in [0.05, 0.1) is 0 Å². The number of nitrogens with two attached hydrogens (primary N) is 1. The minimum atomic E-state index is 0.111. The first-order valence-electron chi connectivity index (χ1n) is 7.15. The van der Waals surface area contributed by atoms with E-state index in [0.717, 1.165) is 31.2 Å². The third-order valence-corrected chi connectivity index (χ3v) is 4.56. The van der Waals surface area contributed by atoms with Crippen molar-refractivity contribution in [1.82, 2.24) is 4.90 Å². The van der Waals surface area contributed by atoms with Gasteiger partial charge in [-0.1, -0.05) is 23.7 Å². The average molecular weight is 291 g/mol. The van der Waals surface area contributed by atoms with E-state index in [2.05, 4.69) is 0 Å². The maximum Gasteiger partial charge on any atom is 0.247 e. The molecule has 0 radical (unpaired) electrons. The van der Waals surface area contributed by atoms with E-state index in [-0.39, 0.29) is 11.9 Å². The number of halogens is 1. The summed E-state index contributed by atoms with van der Waals surface area (Å²) in [5, 5.41) is 0.705. The normalized spacial score (nSPS) is 29.1.